The smallest absolute Gasteiger partial charge is 0.260 e. The Kier molecular flexibility index (Phi) is 6.56. The van der Waals surface area contributed by atoms with Crippen LogP contribution in [0.4, 0.5) is 0 Å². The molecule has 0 fully saturated rings. The molecule has 0 bridgehead atoms. The van der Waals surface area contributed by atoms with E-state index in [1.165, 1.54) is 17.0 Å². The van der Waals surface area contributed by atoms with Crippen LogP contribution in [0.25, 0.3) is 0 Å². The Morgan fingerprint density at radius 3 is 2.56 bits per heavy atom. The number of amides is 1. The van der Waals surface area contributed by atoms with E-state index in [0.717, 1.165) is 11.4 Å². The minimum Gasteiger partial charge on any atom is -0.497 e. The number of nitrogens with zero attached hydrogens (tertiary/aromatic N) is 2. The van der Waals surface area contributed by atoms with Crippen LogP contribution in [-0.4, -0.2) is 35.2 Å². The Hall–Kier alpha value is -2.83. The van der Waals surface area contributed by atoms with Crippen LogP contribution in [0.3, 0.4) is 0 Å². The van der Waals surface area contributed by atoms with Crippen molar-refractivity contribution in [2.45, 2.75) is 32.9 Å². The van der Waals surface area contributed by atoms with E-state index in [4.69, 9.17) is 9.47 Å². The predicted octanol–water partition coefficient (Wildman–Crippen LogP) is 1.40. The average Bonchev–Trinajstić information content (AvgIpc) is 2.63. The Balaban J connectivity index is 1.81. The zero-order chi connectivity index (χ0) is 18.2. The van der Waals surface area contributed by atoms with Crippen molar-refractivity contribution in [2.24, 2.45) is 0 Å². The molecule has 0 spiro atoms. The summed E-state index contributed by atoms with van der Waals surface area (Å²) in [4.78, 5) is 28.1. The van der Waals surface area contributed by atoms with Crippen LogP contribution in [0.1, 0.15) is 19.5 Å². The average molecular weight is 345 g/mol. The number of hydrogen-bond acceptors (Lipinski definition) is 5. The summed E-state index contributed by atoms with van der Waals surface area (Å²) in [6, 6.07) is 8.52. The standard InChI is InChI=1S/C18H23N3O4/c1-4-14-11-17(22)21(12-20-14)10-9-19-18(23)13(2)25-16-7-5-15(24-3)6-8-16/h5-8,11-13H,4,9-10H2,1-3H3,(H,19,23). The van der Waals surface area contributed by atoms with Crippen LogP contribution in [0, 0.1) is 0 Å². The van der Waals surface area contributed by atoms with Crippen molar-refractivity contribution in [3.05, 3.63) is 52.7 Å². The second-order valence-electron chi connectivity index (χ2n) is 5.49. The van der Waals surface area contributed by atoms with E-state index in [9.17, 15) is 9.59 Å². The predicted molar refractivity (Wildman–Crippen MR) is 94.0 cm³/mol. The van der Waals surface area contributed by atoms with Crippen molar-refractivity contribution in [3.63, 3.8) is 0 Å². The van der Waals surface area contributed by atoms with Crippen LogP contribution in [0.5, 0.6) is 11.5 Å². The fourth-order valence-electron chi connectivity index (χ4n) is 2.18. The first-order chi connectivity index (χ1) is 12.0. The molecular formula is C18H23N3O4. The fourth-order valence-corrected chi connectivity index (χ4v) is 2.18. The number of aromatic nitrogens is 2. The summed E-state index contributed by atoms with van der Waals surface area (Å²) in [6.45, 7) is 4.29. The van der Waals surface area contributed by atoms with E-state index in [-0.39, 0.29) is 11.5 Å². The Morgan fingerprint density at radius 1 is 1.28 bits per heavy atom. The Morgan fingerprint density at radius 2 is 1.96 bits per heavy atom. The first-order valence-electron chi connectivity index (χ1n) is 8.17. The molecule has 0 radical (unpaired) electrons. The van der Waals surface area contributed by atoms with Crippen molar-refractivity contribution >= 4 is 5.91 Å². The third-order valence-corrected chi connectivity index (χ3v) is 3.69. The van der Waals surface area contributed by atoms with Crippen LogP contribution in [0.2, 0.25) is 0 Å². The molecule has 0 saturated heterocycles. The SMILES string of the molecule is CCc1cc(=O)n(CCNC(=O)C(C)Oc2ccc(OC)cc2)cn1. The summed E-state index contributed by atoms with van der Waals surface area (Å²) in [5.74, 6) is 1.05. The van der Waals surface area contributed by atoms with Crippen molar-refractivity contribution in [2.75, 3.05) is 13.7 Å². The van der Waals surface area contributed by atoms with Gasteiger partial charge in [0.15, 0.2) is 6.10 Å². The number of carbonyl (C=O) groups is 1. The van der Waals surface area contributed by atoms with Gasteiger partial charge in [-0.05, 0) is 37.6 Å². The lowest BCUT2D eigenvalue weighted by atomic mass is 10.3. The molecule has 134 valence electrons. The minimum atomic E-state index is -0.647. The van der Waals surface area contributed by atoms with Crippen molar-refractivity contribution in [1.29, 1.82) is 0 Å². The number of hydrogen-bond donors (Lipinski definition) is 1. The highest BCUT2D eigenvalue weighted by molar-refractivity contribution is 5.80. The lowest BCUT2D eigenvalue weighted by Gasteiger charge is -2.15. The number of benzene rings is 1. The highest BCUT2D eigenvalue weighted by atomic mass is 16.5. The molecule has 0 aliphatic carbocycles. The summed E-state index contributed by atoms with van der Waals surface area (Å²) in [7, 11) is 1.59. The lowest BCUT2D eigenvalue weighted by molar-refractivity contribution is -0.127. The number of nitrogens with one attached hydrogen (secondary N) is 1. The maximum Gasteiger partial charge on any atom is 0.260 e. The highest BCUT2D eigenvalue weighted by Gasteiger charge is 2.14. The van der Waals surface area contributed by atoms with Crippen molar-refractivity contribution in [3.8, 4) is 11.5 Å². The molecule has 1 unspecified atom stereocenters. The van der Waals surface area contributed by atoms with E-state index in [2.05, 4.69) is 10.3 Å². The van der Waals surface area contributed by atoms with Crippen LogP contribution in [0.15, 0.2) is 41.5 Å². The third-order valence-electron chi connectivity index (χ3n) is 3.69. The zero-order valence-electron chi connectivity index (χ0n) is 14.7. The van der Waals surface area contributed by atoms with E-state index in [1.807, 2.05) is 6.92 Å². The van der Waals surface area contributed by atoms with Gasteiger partial charge in [0.2, 0.25) is 0 Å². The lowest BCUT2D eigenvalue weighted by Crippen LogP contribution is -2.38. The van der Waals surface area contributed by atoms with Gasteiger partial charge in [0, 0.05) is 24.8 Å². The molecule has 1 aromatic carbocycles. The fraction of sp³-hybridized carbons (Fsp3) is 0.389. The van der Waals surface area contributed by atoms with Gasteiger partial charge in [-0.3, -0.25) is 14.2 Å². The summed E-state index contributed by atoms with van der Waals surface area (Å²) in [5, 5.41) is 2.75. The molecule has 7 nitrogen and oxygen atoms in total. The van der Waals surface area contributed by atoms with Gasteiger partial charge in [0.25, 0.3) is 11.5 Å². The number of rotatable bonds is 8. The van der Waals surface area contributed by atoms with Crippen molar-refractivity contribution in [1.82, 2.24) is 14.9 Å². The molecule has 1 heterocycles. The van der Waals surface area contributed by atoms with Gasteiger partial charge >= 0.3 is 0 Å². The number of methoxy groups -OCH3 is 1. The third kappa shape index (κ3) is 5.34. The quantitative estimate of drug-likeness (QED) is 0.782. The molecule has 2 aromatic rings. The van der Waals surface area contributed by atoms with Gasteiger partial charge in [-0.15, -0.1) is 0 Å². The van der Waals surface area contributed by atoms with Crippen LogP contribution in [-0.2, 0) is 17.8 Å². The molecule has 1 aromatic heterocycles. The second kappa shape index (κ2) is 8.86. The normalized spacial score (nSPS) is 11.6. The molecule has 1 N–H and O–H groups in total. The minimum absolute atomic E-state index is 0.122. The monoisotopic (exact) mass is 345 g/mol. The summed E-state index contributed by atoms with van der Waals surface area (Å²) in [6.07, 6.45) is 1.57. The van der Waals surface area contributed by atoms with Gasteiger partial charge in [-0.1, -0.05) is 6.92 Å². The second-order valence-corrected chi connectivity index (χ2v) is 5.49. The van der Waals surface area contributed by atoms with Gasteiger partial charge in [-0.2, -0.15) is 0 Å². The van der Waals surface area contributed by atoms with Gasteiger partial charge in [0.05, 0.1) is 13.4 Å². The van der Waals surface area contributed by atoms with Crippen LogP contribution < -0.4 is 20.3 Å². The Bertz CT molecular complexity index is 756. The molecule has 2 rings (SSSR count). The zero-order valence-corrected chi connectivity index (χ0v) is 14.7. The number of ether oxygens (including phenoxy) is 2. The maximum atomic E-state index is 12.1. The summed E-state index contributed by atoms with van der Waals surface area (Å²) < 4.78 is 12.1. The maximum absolute atomic E-state index is 12.1. The topological polar surface area (TPSA) is 82.5 Å². The first kappa shape index (κ1) is 18.5. The number of aryl methyl sites for hydroxylation is 1. The molecule has 7 heteroatoms. The molecule has 1 amide bonds. The van der Waals surface area contributed by atoms with Gasteiger partial charge in [-0.25, -0.2) is 4.98 Å². The van der Waals surface area contributed by atoms with Crippen LogP contribution >= 0.6 is 0 Å². The first-order valence-corrected chi connectivity index (χ1v) is 8.17. The molecule has 0 aliphatic rings. The van der Waals surface area contributed by atoms with E-state index in [1.54, 1.807) is 38.3 Å². The van der Waals surface area contributed by atoms with Gasteiger partial charge in [0.1, 0.15) is 11.5 Å². The Labute approximate surface area is 146 Å². The summed E-state index contributed by atoms with van der Waals surface area (Å²) in [5.41, 5.74) is 0.635. The molecule has 0 saturated carbocycles. The summed E-state index contributed by atoms with van der Waals surface area (Å²) >= 11 is 0. The molecule has 25 heavy (non-hydrogen) atoms. The van der Waals surface area contributed by atoms with Gasteiger partial charge < -0.3 is 14.8 Å². The molecule has 0 aliphatic heterocycles. The highest BCUT2D eigenvalue weighted by Crippen LogP contribution is 2.18. The molecular weight excluding hydrogens is 322 g/mol. The number of carbonyl (C=O) groups excluding carboxylic acids is 1. The largest absolute Gasteiger partial charge is 0.497 e. The van der Waals surface area contributed by atoms with E-state index < -0.39 is 6.10 Å². The molecule has 1 atom stereocenters. The van der Waals surface area contributed by atoms with E-state index >= 15 is 0 Å². The van der Waals surface area contributed by atoms with Crippen molar-refractivity contribution < 1.29 is 14.3 Å². The van der Waals surface area contributed by atoms with E-state index in [0.29, 0.717) is 25.3 Å².